The molecule has 2 heterocycles. The molecule has 9 heteroatoms. The minimum absolute atomic E-state index is 0.0451. The van der Waals surface area contributed by atoms with E-state index in [-0.39, 0.29) is 16.6 Å². The predicted molar refractivity (Wildman–Crippen MR) is 96.0 cm³/mol. The summed E-state index contributed by atoms with van der Waals surface area (Å²) in [5.74, 6) is 0.0632. The van der Waals surface area contributed by atoms with E-state index in [1.807, 2.05) is 7.05 Å². The zero-order valence-electron chi connectivity index (χ0n) is 15.2. The number of methoxy groups -OCH3 is 1. The number of ether oxygens (including phenoxy) is 2. The summed E-state index contributed by atoms with van der Waals surface area (Å²) in [4.78, 5) is 16.5. The van der Waals surface area contributed by atoms with E-state index in [1.54, 1.807) is 17.0 Å². The molecular formula is C17H25N3O5S. The van der Waals surface area contributed by atoms with Gasteiger partial charge in [0.1, 0.15) is 10.6 Å². The molecule has 0 saturated carbocycles. The maximum atomic E-state index is 13.1. The van der Waals surface area contributed by atoms with Gasteiger partial charge in [0.2, 0.25) is 10.0 Å². The van der Waals surface area contributed by atoms with Gasteiger partial charge in [0.25, 0.3) is 5.91 Å². The Morgan fingerprint density at radius 2 is 1.73 bits per heavy atom. The summed E-state index contributed by atoms with van der Waals surface area (Å²) in [6.45, 7) is 4.19. The molecule has 26 heavy (non-hydrogen) atoms. The number of likely N-dealkylation sites (N-methyl/N-ethyl adjacent to an activating group) is 1. The van der Waals surface area contributed by atoms with Crippen LogP contribution in [0.2, 0.25) is 0 Å². The number of rotatable bonds is 4. The molecule has 2 saturated heterocycles. The lowest BCUT2D eigenvalue weighted by Gasteiger charge is -2.32. The molecule has 0 radical (unpaired) electrons. The van der Waals surface area contributed by atoms with Gasteiger partial charge in [-0.25, -0.2) is 8.42 Å². The lowest BCUT2D eigenvalue weighted by atomic mass is 10.2. The molecule has 0 bridgehead atoms. The highest BCUT2D eigenvalue weighted by Gasteiger charge is 2.31. The fourth-order valence-electron chi connectivity index (χ4n) is 3.13. The normalized spacial score (nSPS) is 20.2. The van der Waals surface area contributed by atoms with Crippen LogP contribution in [0, 0.1) is 0 Å². The second kappa shape index (κ2) is 7.91. The lowest BCUT2D eigenvalue weighted by molar-refractivity contribution is 0.0302. The smallest absolute Gasteiger partial charge is 0.254 e. The summed E-state index contributed by atoms with van der Waals surface area (Å²) in [6.07, 6.45) is 0. The van der Waals surface area contributed by atoms with E-state index in [2.05, 4.69) is 4.90 Å². The number of nitrogens with zero attached hydrogens (tertiary/aromatic N) is 3. The molecular weight excluding hydrogens is 358 g/mol. The quantitative estimate of drug-likeness (QED) is 0.734. The Hall–Kier alpha value is -1.68. The highest BCUT2D eigenvalue weighted by Crippen LogP contribution is 2.29. The van der Waals surface area contributed by atoms with Crippen molar-refractivity contribution in [2.45, 2.75) is 4.90 Å². The molecule has 2 fully saturated rings. The molecule has 0 N–H and O–H groups in total. The van der Waals surface area contributed by atoms with Crippen LogP contribution >= 0.6 is 0 Å². The van der Waals surface area contributed by atoms with Crippen LogP contribution in [0.15, 0.2) is 23.1 Å². The SMILES string of the molecule is COc1ccc(C(=O)N2CCOCC2)cc1S(=O)(=O)N1CCN(C)CC1. The molecule has 1 aromatic carbocycles. The fraction of sp³-hybridized carbons (Fsp3) is 0.588. The van der Waals surface area contributed by atoms with Crippen molar-refractivity contribution in [3.05, 3.63) is 23.8 Å². The van der Waals surface area contributed by atoms with E-state index < -0.39 is 10.0 Å². The first-order valence-corrected chi connectivity index (χ1v) is 10.1. The minimum atomic E-state index is -3.73. The molecule has 2 aliphatic heterocycles. The van der Waals surface area contributed by atoms with E-state index >= 15 is 0 Å². The molecule has 8 nitrogen and oxygen atoms in total. The number of amides is 1. The Kier molecular flexibility index (Phi) is 5.81. The highest BCUT2D eigenvalue weighted by atomic mass is 32.2. The Morgan fingerprint density at radius 1 is 1.08 bits per heavy atom. The van der Waals surface area contributed by atoms with Crippen molar-refractivity contribution < 1.29 is 22.7 Å². The van der Waals surface area contributed by atoms with Crippen LogP contribution in [0.25, 0.3) is 0 Å². The van der Waals surface area contributed by atoms with Crippen molar-refractivity contribution in [1.29, 1.82) is 0 Å². The number of hydrogen-bond acceptors (Lipinski definition) is 6. The van der Waals surface area contributed by atoms with E-state index in [0.29, 0.717) is 58.0 Å². The second-order valence-corrected chi connectivity index (χ2v) is 8.38. The van der Waals surface area contributed by atoms with Crippen molar-refractivity contribution in [2.75, 3.05) is 66.6 Å². The topological polar surface area (TPSA) is 79.4 Å². The van der Waals surface area contributed by atoms with Gasteiger partial charge in [0.15, 0.2) is 0 Å². The van der Waals surface area contributed by atoms with Gasteiger partial charge in [-0.15, -0.1) is 0 Å². The molecule has 2 aliphatic rings. The number of hydrogen-bond donors (Lipinski definition) is 0. The van der Waals surface area contributed by atoms with E-state index in [0.717, 1.165) is 0 Å². The maximum absolute atomic E-state index is 13.1. The Labute approximate surface area is 154 Å². The van der Waals surface area contributed by atoms with Gasteiger partial charge in [-0.3, -0.25) is 4.79 Å². The molecule has 3 rings (SSSR count). The van der Waals surface area contributed by atoms with Crippen LogP contribution in [-0.4, -0.2) is 95.1 Å². The first-order valence-electron chi connectivity index (χ1n) is 8.67. The molecule has 0 spiro atoms. The van der Waals surface area contributed by atoms with Crippen molar-refractivity contribution in [2.24, 2.45) is 0 Å². The van der Waals surface area contributed by atoms with Crippen molar-refractivity contribution in [3.63, 3.8) is 0 Å². The fourth-order valence-corrected chi connectivity index (χ4v) is 4.73. The third kappa shape index (κ3) is 3.85. The van der Waals surface area contributed by atoms with Crippen LogP contribution in [0.4, 0.5) is 0 Å². The van der Waals surface area contributed by atoms with Crippen LogP contribution in [0.3, 0.4) is 0 Å². The summed E-state index contributed by atoms with van der Waals surface area (Å²) in [7, 11) is -0.332. The van der Waals surface area contributed by atoms with Gasteiger partial charge >= 0.3 is 0 Å². The van der Waals surface area contributed by atoms with Crippen molar-refractivity contribution >= 4 is 15.9 Å². The molecule has 0 aromatic heterocycles. The van der Waals surface area contributed by atoms with Crippen LogP contribution in [0.5, 0.6) is 5.75 Å². The Balaban J connectivity index is 1.91. The molecule has 1 amide bonds. The predicted octanol–water partition coefficient (Wildman–Crippen LogP) is 0.104. The molecule has 0 unspecified atom stereocenters. The first kappa shape index (κ1) is 19.1. The monoisotopic (exact) mass is 383 g/mol. The standard InChI is InChI=1S/C17H25N3O5S/c1-18-5-7-20(8-6-18)26(22,23)16-13-14(3-4-15(16)24-2)17(21)19-9-11-25-12-10-19/h3-4,13H,5-12H2,1-2H3. The third-order valence-electron chi connectivity index (χ3n) is 4.79. The number of sulfonamides is 1. The van der Waals surface area contributed by atoms with E-state index in [4.69, 9.17) is 9.47 Å². The summed E-state index contributed by atoms with van der Waals surface area (Å²) in [5.41, 5.74) is 0.348. The summed E-state index contributed by atoms with van der Waals surface area (Å²) >= 11 is 0. The summed E-state index contributed by atoms with van der Waals surface area (Å²) in [6, 6.07) is 4.60. The van der Waals surface area contributed by atoms with Gasteiger partial charge < -0.3 is 19.3 Å². The van der Waals surface area contributed by atoms with Gasteiger partial charge in [-0.05, 0) is 25.2 Å². The van der Waals surface area contributed by atoms with Gasteiger partial charge in [-0.1, -0.05) is 0 Å². The van der Waals surface area contributed by atoms with Gasteiger partial charge in [0, 0.05) is 44.8 Å². The molecule has 0 aliphatic carbocycles. The van der Waals surface area contributed by atoms with E-state index in [1.165, 1.54) is 17.5 Å². The lowest BCUT2D eigenvalue weighted by Crippen LogP contribution is -2.47. The Morgan fingerprint density at radius 3 is 2.35 bits per heavy atom. The largest absolute Gasteiger partial charge is 0.495 e. The number of benzene rings is 1. The first-order chi connectivity index (χ1) is 12.4. The average molecular weight is 383 g/mol. The van der Waals surface area contributed by atoms with Crippen molar-refractivity contribution in [3.8, 4) is 5.75 Å². The Bertz CT molecular complexity index is 754. The zero-order chi connectivity index (χ0) is 18.7. The average Bonchev–Trinajstić information content (AvgIpc) is 2.68. The van der Waals surface area contributed by atoms with Crippen LogP contribution < -0.4 is 4.74 Å². The minimum Gasteiger partial charge on any atom is -0.495 e. The number of piperazine rings is 1. The molecule has 1 aromatic rings. The molecule has 0 atom stereocenters. The van der Waals surface area contributed by atoms with Crippen LogP contribution in [0.1, 0.15) is 10.4 Å². The number of carbonyl (C=O) groups is 1. The maximum Gasteiger partial charge on any atom is 0.254 e. The number of morpholine rings is 1. The van der Waals surface area contributed by atoms with Crippen LogP contribution in [-0.2, 0) is 14.8 Å². The summed E-state index contributed by atoms with van der Waals surface area (Å²) in [5, 5.41) is 0. The van der Waals surface area contributed by atoms with E-state index in [9.17, 15) is 13.2 Å². The summed E-state index contributed by atoms with van der Waals surface area (Å²) < 4.78 is 38.2. The highest BCUT2D eigenvalue weighted by molar-refractivity contribution is 7.89. The number of carbonyl (C=O) groups excluding carboxylic acids is 1. The van der Waals surface area contributed by atoms with Gasteiger partial charge in [-0.2, -0.15) is 4.31 Å². The molecule has 144 valence electrons. The third-order valence-corrected chi connectivity index (χ3v) is 6.71. The van der Waals surface area contributed by atoms with Crippen molar-refractivity contribution in [1.82, 2.24) is 14.1 Å². The zero-order valence-corrected chi connectivity index (χ0v) is 16.0. The van der Waals surface area contributed by atoms with Gasteiger partial charge in [0.05, 0.1) is 20.3 Å². The second-order valence-electron chi connectivity index (χ2n) is 6.48.